The summed E-state index contributed by atoms with van der Waals surface area (Å²) < 4.78 is 11.6. The molecule has 1 aromatic carbocycles. The van der Waals surface area contributed by atoms with E-state index in [1.165, 1.54) is 6.08 Å². The predicted molar refractivity (Wildman–Crippen MR) is 79.7 cm³/mol. The molecule has 0 radical (unpaired) electrons. The number of nitrogens with two attached hydrogens (primary N) is 1. The monoisotopic (exact) mass is 281 g/mol. The molecule has 1 amide bonds. The molecule has 0 aromatic heterocycles. The smallest absolute Gasteiger partial charge is 1.00 e. The Morgan fingerprint density at radius 2 is 1.95 bits per heavy atom. The van der Waals surface area contributed by atoms with E-state index in [1.54, 1.807) is 12.2 Å². The van der Waals surface area contributed by atoms with Gasteiger partial charge in [0.1, 0.15) is 0 Å². The average molecular weight is 281 g/mol. The van der Waals surface area contributed by atoms with Crippen molar-refractivity contribution in [2.75, 3.05) is 0 Å². The van der Waals surface area contributed by atoms with E-state index in [9.17, 15) is 4.79 Å². The molecule has 0 saturated carbocycles. The maximum atomic E-state index is 10.6. The summed E-state index contributed by atoms with van der Waals surface area (Å²) in [5.74, 6) is 0.456. The predicted octanol–water partition coefficient (Wildman–Crippen LogP) is -0.0181. The van der Waals surface area contributed by atoms with Crippen LogP contribution >= 0.6 is 0 Å². The van der Waals surface area contributed by atoms with E-state index in [4.69, 9.17) is 15.2 Å². The summed E-state index contributed by atoms with van der Waals surface area (Å²) in [6.07, 6.45) is 6.65. The minimum Gasteiger partial charge on any atom is -1.00 e. The van der Waals surface area contributed by atoms with Gasteiger partial charge in [0, 0.05) is 25.5 Å². The molecule has 2 rings (SSSR count). The van der Waals surface area contributed by atoms with Crippen molar-refractivity contribution in [3.05, 3.63) is 41.0 Å². The number of carbonyl (C=O) groups excluding carboxylic acids is 1. The van der Waals surface area contributed by atoms with Gasteiger partial charge in [0.2, 0.25) is 11.7 Å². The number of fused-ring (bicyclic) bond motifs is 1. The largest absolute Gasteiger partial charge is 1.00 e. The molecule has 0 spiro atoms. The Morgan fingerprint density at radius 1 is 1.29 bits per heavy atom. The van der Waals surface area contributed by atoms with Crippen molar-refractivity contribution in [2.24, 2.45) is 5.73 Å². The van der Waals surface area contributed by atoms with Crippen LogP contribution in [-0.2, 0) is 4.79 Å². The van der Waals surface area contributed by atoms with E-state index in [1.807, 2.05) is 39.8 Å². The molecule has 0 atom stereocenters. The number of carbonyl (C=O) groups is 1. The van der Waals surface area contributed by atoms with Crippen molar-refractivity contribution in [1.29, 1.82) is 0 Å². The first-order valence-electron chi connectivity index (χ1n) is 6.46. The van der Waals surface area contributed by atoms with Crippen molar-refractivity contribution in [2.45, 2.75) is 33.5 Å². The topological polar surface area (TPSA) is 61.6 Å². The fourth-order valence-electron chi connectivity index (χ4n) is 2.24. The maximum absolute atomic E-state index is 10.6. The zero-order valence-corrected chi connectivity index (χ0v) is 13.2. The van der Waals surface area contributed by atoms with Crippen LogP contribution < -0.4 is 34.1 Å². The van der Waals surface area contributed by atoms with Crippen LogP contribution in [0.3, 0.4) is 0 Å². The van der Waals surface area contributed by atoms with Gasteiger partial charge in [-0.15, -0.1) is 0 Å². The summed E-state index contributed by atoms with van der Waals surface area (Å²) >= 11 is 0. The van der Waals surface area contributed by atoms with Gasteiger partial charge in [-0.1, -0.05) is 18.2 Å². The first kappa shape index (κ1) is 17.4. The Bertz CT molecular complexity index is 624. The number of hydrogen-bond acceptors (Lipinski definition) is 3. The van der Waals surface area contributed by atoms with Crippen molar-refractivity contribution >= 4 is 12.0 Å². The molecule has 0 saturated heterocycles. The first-order chi connectivity index (χ1) is 9.30. The average Bonchev–Trinajstić information content (AvgIpc) is 2.62. The van der Waals surface area contributed by atoms with Crippen molar-refractivity contribution in [1.82, 2.24) is 0 Å². The molecule has 0 unspecified atom stereocenters. The number of allylic oxidation sites excluding steroid dienone is 2. The van der Waals surface area contributed by atoms with Crippen LogP contribution in [0.25, 0.3) is 6.08 Å². The van der Waals surface area contributed by atoms with E-state index in [-0.39, 0.29) is 20.3 Å². The van der Waals surface area contributed by atoms with Gasteiger partial charge in [0.25, 0.3) is 0 Å². The van der Waals surface area contributed by atoms with Crippen molar-refractivity contribution < 1.29 is 34.6 Å². The van der Waals surface area contributed by atoms with Crippen LogP contribution in [0.4, 0.5) is 0 Å². The maximum Gasteiger partial charge on any atom is 1.00 e. The molecule has 1 aliphatic heterocycles. The van der Waals surface area contributed by atoms with Crippen LogP contribution in [0.2, 0.25) is 0 Å². The quantitative estimate of drug-likeness (QED) is 0.481. The zero-order valence-electron chi connectivity index (χ0n) is 14.2. The van der Waals surface area contributed by atoms with E-state index in [2.05, 4.69) is 0 Å². The summed E-state index contributed by atoms with van der Waals surface area (Å²) in [6.45, 7) is 7.77. The van der Waals surface area contributed by atoms with Gasteiger partial charge in [0.15, 0.2) is 11.5 Å². The van der Waals surface area contributed by atoms with E-state index < -0.39 is 11.7 Å². The molecular formula is C16H20LiNO3. The van der Waals surface area contributed by atoms with Crippen LogP contribution in [0.15, 0.2) is 24.3 Å². The number of ether oxygens (including phenoxy) is 2. The van der Waals surface area contributed by atoms with Crippen LogP contribution in [0.1, 0.15) is 32.0 Å². The molecule has 1 aromatic rings. The Morgan fingerprint density at radius 3 is 2.57 bits per heavy atom. The Labute approximate surface area is 138 Å². The number of primary amides is 1. The van der Waals surface area contributed by atoms with Crippen LogP contribution in [-0.4, -0.2) is 11.7 Å². The normalized spacial score (nSPS) is 15.4. The van der Waals surface area contributed by atoms with Crippen molar-refractivity contribution in [3.63, 3.8) is 0 Å². The third-order valence-corrected chi connectivity index (χ3v) is 3.08. The summed E-state index contributed by atoms with van der Waals surface area (Å²) in [7, 11) is 0. The number of rotatable bonds is 3. The van der Waals surface area contributed by atoms with Gasteiger partial charge in [-0.25, -0.2) is 0 Å². The number of aryl methyl sites for hydroxylation is 1. The molecular weight excluding hydrogens is 261 g/mol. The zero-order chi connectivity index (χ0) is 14.9. The van der Waals surface area contributed by atoms with E-state index in [0.29, 0.717) is 0 Å². The van der Waals surface area contributed by atoms with Gasteiger partial charge >= 0.3 is 18.9 Å². The van der Waals surface area contributed by atoms with E-state index >= 15 is 0 Å². The van der Waals surface area contributed by atoms with Crippen LogP contribution in [0, 0.1) is 13.8 Å². The molecule has 0 bridgehead atoms. The third kappa shape index (κ3) is 3.93. The summed E-state index contributed by atoms with van der Waals surface area (Å²) in [4.78, 5) is 10.6. The minimum atomic E-state index is -0.631. The van der Waals surface area contributed by atoms with E-state index in [0.717, 1.165) is 28.2 Å². The second-order valence-corrected chi connectivity index (χ2v) is 5.28. The summed E-state index contributed by atoms with van der Waals surface area (Å²) in [5, 5.41) is 0. The Hall–Kier alpha value is -1.63. The van der Waals surface area contributed by atoms with Gasteiger partial charge in [-0.3, -0.25) is 4.79 Å². The Kier molecular flexibility index (Phi) is 5.33. The fraction of sp³-hybridized carbons (Fsp3) is 0.312. The molecule has 0 fully saturated rings. The molecule has 1 heterocycles. The van der Waals surface area contributed by atoms with Crippen LogP contribution in [0.5, 0.6) is 11.5 Å². The van der Waals surface area contributed by atoms with Gasteiger partial charge in [-0.2, -0.15) is 0 Å². The van der Waals surface area contributed by atoms with Gasteiger partial charge < -0.3 is 16.6 Å². The van der Waals surface area contributed by atoms with Crippen molar-refractivity contribution in [3.8, 4) is 11.5 Å². The van der Waals surface area contributed by atoms with Gasteiger partial charge in [-0.05, 0) is 31.0 Å². The summed E-state index contributed by atoms with van der Waals surface area (Å²) in [5.41, 5.74) is 8.21. The second kappa shape index (κ2) is 6.42. The molecule has 0 aliphatic carbocycles. The fourth-order valence-corrected chi connectivity index (χ4v) is 2.24. The number of hydrogen-bond donors (Lipinski definition) is 1. The standard InChI is InChI=1S/C16H19NO3.Li.H/c1-10-9-13-15(20-16(3,4)19-13)11(2)12(10)7-5-6-8-14(17)18;;/h5-9H,1-4H3,(H2,17,18);;/q;+1;-1. The second-order valence-electron chi connectivity index (χ2n) is 5.28. The molecule has 108 valence electrons. The molecule has 5 heteroatoms. The molecule has 21 heavy (non-hydrogen) atoms. The number of amides is 1. The molecule has 4 nitrogen and oxygen atoms in total. The minimum absolute atomic E-state index is 0. The first-order valence-corrected chi connectivity index (χ1v) is 6.46. The number of benzene rings is 1. The molecule has 1 aliphatic rings. The van der Waals surface area contributed by atoms with Gasteiger partial charge in [0.05, 0.1) is 0 Å². The molecule has 2 N–H and O–H groups in total. The summed E-state index contributed by atoms with van der Waals surface area (Å²) in [6, 6.07) is 1.97. The Balaban J connectivity index is 0.00000220. The SMILES string of the molecule is Cc1cc2c(c(C)c1C=CC=CC(N)=O)OC(C)(C)O2.[H-].[Li+]. The third-order valence-electron chi connectivity index (χ3n) is 3.08.